The zero-order valence-corrected chi connectivity index (χ0v) is 9.40. The van der Waals surface area contributed by atoms with E-state index in [1.807, 2.05) is 20.3 Å². The van der Waals surface area contributed by atoms with Gasteiger partial charge in [0.15, 0.2) is 0 Å². The Kier molecular flexibility index (Phi) is 32.0. The van der Waals surface area contributed by atoms with Crippen molar-refractivity contribution in [2.24, 2.45) is 0 Å². The largest absolute Gasteiger partial charge is 1.00 e. The molecular weight excluding hydrogens is 151 g/mol. The Morgan fingerprint density at radius 1 is 1.62 bits per heavy atom. The van der Waals surface area contributed by atoms with Crippen LogP contribution in [0.15, 0.2) is 0 Å². The Balaban J connectivity index is -0.0000000575. The minimum Gasteiger partial charge on any atom is -0.473 e. The quantitative estimate of drug-likeness (QED) is 0.266. The maximum absolute atomic E-state index is 8.86. The summed E-state index contributed by atoms with van der Waals surface area (Å²) in [6.07, 6.45) is 2.00. The van der Waals surface area contributed by atoms with Gasteiger partial charge in [0.1, 0.15) is 0 Å². The fraction of sp³-hybridized carbons (Fsp3) is 0.500. The van der Waals surface area contributed by atoms with E-state index >= 15 is 0 Å². The molecule has 2 nitrogen and oxygen atoms in total. The summed E-state index contributed by atoms with van der Waals surface area (Å²) in [4.78, 5) is 8.86. The van der Waals surface area contributed by atoms with E-state index in [2.05, 4.69) is 12.6 Å². The van der Waals surface area contributed by atoms with Crippen LogP contribution in [-0.4, -0.2) is 10.4 Å². The number of carboxylic acid groups (broad SMARTS) is 1. The summed E-state index contributed by atoms with van der Waals surface area (Å²) in [5.74, 6) is 0. The summed E-state index contributed by atoms with van der Waals surface area (Å²) >= 11 is 2.88. The molecule has 0 aromatic rings. The molecule has 0 spiro atoms. The summed E-state index contributed by atoms with van der Waals surface area (Å²) in [7, 11) is 0. The second-order valence-electron chi connectivity index (χ2n) is 0.860. The molecular formula is C4H9KO2S. The third kappa shape index (κ3) is 147. The fourth-order valence-corrected chi connectivity index (χ4v) is 0. The van der Waals surface area contributed by atoms with Gasteiger partial charge in [0, 0.05) is 0 Å². The Morgan fingerprint density at radius 3 is 1.62 bits per heavy atom. The molecule has 1 N–H and O–H groups in total. The average Bonchev–Trinajstić information content (AvgIpc) is 1.33. The van der Waals surface area contributed by atoms with Crippen molar-refractivity contribution < 1.29 is 61.3 Å². The van der Waals surface area contributed by atoms with Crippen LogP contribution in [0.5, 0.6) is 0 Å². The standard InChI is InChI=1S/C3H7.CH2O2S.K/c1-3-2;2-1(3)4;/h3H,1-2H3;4H,(H,2,3);/q-1;;+1. The molecule has 0 atom stereocenters. The van der Waals surface area contributed by atoms with Crippen molar-refractivity contribution in [1.29, 1.82) is 0 Å². The molecule has 0 amide bonds. The van der Waals surface area contributed by atoms with Crippen molar-refractivity contribution in [2.45, 2.75) is 13.8 Å². The predicted molar refractivity (Wildman–Crippen MR) is 32.7 cm³/mol. The Hall–Kier alpha value is 1.46. The monoisotopic (exact) mass is 160 g/mol. The topological polar surface area (TPSA) is 37.3 Å². The van der Waals surface area contributed by atoms with Gasteiger partial charge in [0.2, 0.25) is 0 Å². The minimum atomic E-state index is -1.14. The first-order valence-corrected chi connectivity index (χ1v) is 2.25. The Morgan fingerprint density at radius 2 is 1.62 bits per heavy atom. The third-order valence-corrected chi connectivity index (χ3v) is 0. The molecule has 0 aromatic heterocycles. The van der Waals surface area contributed by atoms with Crippen molar-refractivity contribution in [3.8, 4) is 0 Å². The van der Waals surface area contributed by atoms with E-state index < -0.39 is 5.30 Å². The van der Waals surface area contributed by atoms with Crippen LogP contribution >= 0.6 is 12.6 Å². The van der Waals surface area contributed by atoms with Crippen molar-refractivity contribution in [3.63, 3.8) is 0 Å². The number of hydrogen-bond acceptors (Lipinski definition) is 1. The zero-order chi connectivity index (χ0) is 6.28. The molecule has 0 aromatic carbocycles. The van der Waals surface area contributed by atoms with Gasteiger partial charge < -0.3 is 11.5 Å². The molecule has 0 bridgehead atoms. The van der Waals surface area contributed by atoms with E-state index in [9.17, 15) is 0 Å². The molecule has 44 valence electrons. The van der Waals surface area contributed by atoms with Gasteiger partial charge in [-0.2, -0.15) is 13.8 Å². The van der Waals surface area contributed by atoms with Gasteiger partial charge in [-0.15, -0.1) is 0 Å². The number of thiol groups is 1. The summed E-state index contributed by atoms with van der Waals surface area (Å²) in [6, 6.07) is 0. The molecule has 0 rings (SSSR count). The SMILES string of the molecule is C[CH-]C.O=C(O)S.[K+]. The van der Waals surface area contributed by atoms with Crippen molar-refractivity contribution in [1.82, 2.24) is 0 Å². The molecule has 8 heavy (non-hydrogen) atoms. The Bertz CT molecular complexity index is 45.3. The molecule has 4 heteroatoms. The van der Waals surface area contributed by atoms with Gasteiger partial charge >= 0.3 is 56.7 Å². The molecule has 0 saturated heterocycles. The van der Waals surface area contributed by atoms with Crippen LogP contribution in [-0.2, 0) is 0 Å². The predicted octanol–water partition coefficient (Wildman–Crippen LogP) is -1.17. The summed E-state index contributed by atoms with van der Waals surface area (Å²) in [5, 5.41) is 6.14. The molecule has 0 fully saturated rings. The normalized spacial score (nSPS) is 5.38. The second kappa shape index (κ2) is 15.8. The van der Waals surface area contributed by atoms with Crippen LogP contribution in [0.3, 0.4) is 0 Å². The van der Waals surface area contributed by atoms with Gasteiger partial charge in [-0.1, -0.05) is 12.6 Å². The van der Waals surface area contributed by atoms with Gasteiger partial charge in [-0.3, -0.25) is 0 Å². The van der Waals surface area contributed by atoms with Gasteiger partial charge in [0.05, 0.1) is 0 Å². The van der Waals surface area contributed by atoms with E-state index in [1.165, 1.54) is 0 Å². The second-order valence-corrected chi connectivity index (χ2v) is 1.24. The molecule has 0 radical (unpaired) electrons. The summed E-state index contributed by atoms with van der Waals surface area (Å²) in [5.41, 5.74) is 0. The first kappa shape index (κ1) is 16.2. The third-order valence-electron chi connectivity index (χ3n) is 0. The van der Waals surface area contributed by atoms with E-state index in [-0.39, 0.29) is 51.4 Å². The number of carbonyl (C=O) groups is 1. The number of rotatable bonds is 0. The molecule has 0 aliphatic rings. The molecule has 0 aliphatic carbocycles. The van der Waals surface area contributed by atoms with Crippen LogP contribution in [0.1, 0.15) is 13.8 Å². The van der Waals surface area contributed by atoms with E-state index in [0.29, 0.717) is 0 Å². The molecule has 0 heterocycles. The maximum atomic E-state index is 8.86. The van der Waals surface area contributed by atoms with Gasteiger partial charge in [-0.05, 0) is 0 Å². The van der Waals surface area contributed by atoms with Gasteiger partial charge in [-0.25, -0.2) is 4.79 Å². The van der Waals surface area contributed by atoms with Gasteiger partial charge in [0.25, 0.3) is 0 Å². The maximum Gasteiger partial charge on any atom is 1.00 e. The van der Waals surface area contributed by atoms with Crippen molar-refractivity contribution in [3.05, 3.63) is 6.42 Å². The van der Waals surface area contributed by atoms with Crippen LogP contribution in [0, 0.1) is 6.42 Å². The molecule has 0 aliphatic heterocycles. The first-order chi connectivity index (χ1) is 3.15. The first-order valence-electron chi connectivity index (χ1n) is 1.81. The zero-order valence-electron chi connectivity index (χ0n) is 5.38. The summed E-state index contributed by atoms with van der Waals surface area (Å²) < 4.78 is 0. The molecule has 0 unspecified atom stereocenters. The smallest absolute Gasteiger partial charge is 0.473 e. The van der Waals surface area contributed by atoms with E-state index in [0.717, 1.165) is 0 Å². The van der Waals surface area contributed by atoms with Crippen molar-refractivity contribution >= 4 is 17.9 Å². The number of hydrogen-bond donors (Lipinski definition) is 2. The van der Waals surface area contributed by atoms with Crippen LogP contribution in [0.2, 0.25) is 0 Å². The summed E-state index contributed by atoms with van der Waals surface area (Å²) in [6.45, 7) is 4.00. The fourth-order valence-electron chi connectivity index (χ4n) is 0. The van der Waals surface area contributed by atoms with Crippen LogP contribution in [0.25, 0.3) is 0 Å². The van der Waals surface area contributed by atoms with E-state index in [1.54, 1.807) is 0 Å². The van der Waals surface area contributed by atoms with Crippen LogP contribution < -0.4 is 51.4 Å². The molecule has 0 saturated carbocycles. The minimum absolute atomic E-state index is 0. The average molecular weight is 160 g/mol. The van der Waals surface area contributed by atoms with Crippen LogP contribution in [0.4, 0.5) is 4.79 Å². The Labute approximate surface area is 97.9 Å². The van der Waals surface area contributed by atoms with Crippen molar-refractivity contribution in [2.75, 3.05) is 0 Å². The van der Waals surface area contributed by atoms with E-state index in [4.69, 9.17) is 9.90 Å².